The van der Waals surface area contributed by atoms with Gasteiger partial charge in [-0.25, -0.2) is 9.37 Å². The average Bonchev–Trinajstić information content (AvgIpc) is 3.20. The molecule has 0 aliphatic heterocycles. The highest BCUT2D eigenvalue weighted by atomic mass is 19.1. The molecule has 138 valence electrons. The number of nitrogens with one attached hydrogen (secondary N) is 2. The number of ether oxygens (including phenoxy) is 1. The maximum atomic E-state index is 13.3. The molecule has 0 bridgehead atoms. The molecule has 0 radical (unpaired) electrons. The first-order valence-corrected chi connectivity index (χ1v) is 8.07. The van der Waals surface area contributed by atoms with E-state index < -0.39 is 17.6 Å². The van der Waals surface area contributed by atoms with Crippen LogP contribution >= 0.6 is 0 Å². The van der Waals surface area contributed by atoms with Gasteiger partial charge in [-0.15, -0.1) is 0 Å². The van der Waals surface area contributed by atoms with Gasteiger partial charge in [0.25, 0.3) is 5.91 Å². The molecule has 1 aromatic carbocycles. The normalized spacial score (nSPS) is 10.3. The number of halogens is 1. The number of nitrogens with zero attached hydrogens (tertiary/aromatic N) is 1. The number of hydrogen-bond acceptors (Lipinski definition) is 5. The summed E-state index contributed by atoms with van der Waals surface area (Å²) in [5, 5.41) is 5.11. The van der Waals surface area contributed by atoms with Crippen LogP contribution in [0.15, 0.2) is 65.4 Å². The SMILES string of the molecule is O=C(CNC(=O)c1ccco1)NCc1cccnc1Oc1cccc(F)c1. The lowest BCUT2D eigenvalue weighted by atomic mass is 10.2. The van der Waals surface area contributed by atoms with E-state index >= 15 is 0 Å². The monoisotopic (exact) mass is 369 g/mol. The Bertz CT molecular complexity index is 928. The van der Waals surface area contributed by atoms with Crippen LogP contribution in [0.25, 0.3) is 0 Å². The lowest BCUT2D eigenvalue weighted by Crippen LogP contribution is -2.36. The number of pyridine rings is 1. The van der Waals surface area contributed by atoms with Gasteiger partial charge in [-0.2, -0.15) is 0 Å². The van der Waals surface area contributed by atoms with Crippen LogP contribution in [0.3, 0.4) is 0 Å². The second-order valence-electron chi connectivity index (χ2n) is 5.46. The Morgan fingerprint density at radius 2 is 2.00 bits per heavy atom. The van der Waals surface area contributed by atoms with Crippen molar-refractivity contribution in [1.82, 2.24) is 15.6 Å². The highest BCUT2D eigenvalue weighted by molar-refractivity contribution is 5.94. The molecule has 0 aliphatic rings. The van der Waals surface area contributed by atoms with Gasteiger partial charge in [0.15, 0.2) is 5.76 Å². The Labute approximate surface area is 154 Å². The summed E-state index contributed by atoms with van der Waals surface area (Å²) in [6, 6.07) is 12.2. The van der Waals surface area contributed by atoms with Crippen LogP contribution in [0.4, 0.5) is 4.39 Å². The van der Waals surface area contributed by atoms with Gasteiger partial charge in [-0.1, -0.05) is 12.1 Å². The minimum atomic E-state index is -0.480. The predicted molar refractivity (Wildman–Crippen MR) is 93.6 cm³/mol. The van der Waals surface area contributed by atoms with Gasteiger partial charge >= 0.3 is 0 Å². The lowest BCUT2D eigenvalue weighted by Gasteiger charge is -2.11. The van der Waals surface area contributed by atoms with Gasteiger partial charge in [-0.3, -0.25) is 9.59 Å². The number of rotatable bonds is 7. The van der Waals surface area contributed by atoms with E-state index in [1.54, 1.807) is 24.3 Å². The van der Waals surface area contributed by atoms with Crippen LogP contribution in [-0.4, -0.2) is 23.3 Å². The smallest absolute Gasteiger partial charge is 0.287 e. The van der Waals surface area contributed by atoms with Crippen molar-refractivity contribution in [2.45, 2.75) is 6.54 Å². The average molecular weight is 369 g/mol. The van der Waals surface area contributed by atoms with Gasteiger partial charge in [0.05, 0.1) is 12.8 Å². The van der Waals surface area contributed by atoms with Gasteiger partial charge < -0.3 is 19.8 Å². The highest BCUT2D eigenvalue weighted by Gasteiger charge is 2.12. The maximum Gasteiger partial charge on any atom is 0.287 e. The topological polar surface area (TPSA) is 93.5 Å². The number of carbonyl (C=O) groups is 2. The fourth-order valence-corrected chi connectivity index (χ4v) is 2.20. The molecule has 0 spiro atoms. The van der Waals surface area contributed by atoms with E-state index in [2.05, 4.69) is 15.6 Å². The van der Waals surface area contributed by atoms with Crippen molar-refractivity contribution < 1.29 is 23.1 Å². The Kier molecular flexibility index (Phi) is 5.78. The van der Waals surface area contributed by atoms with Crippen molar-refractivity contribution >= 4 is 11.8 Å². The number of furan rings is 1. The molecule has 0 saturated carbocycles. The van der Waals surface area contributed by atoms with Gasteiger partial charge in [0, 0.05) is 24.4 Å². The van der Waals surface area contributed by atoms with Crippen LogP contribution < -0.4 is 15.4 Å². The molecular formula is C19H16FN3O4. The fourth-order valence-electron chi connectivity index (χ4n) is 2.20. The summed E-state index contributed by atoms with van der Waals surface area (Å²) in [5.41, 5.74) is 0.604. The molecule has 3 rings (SSSR count). The third-order valence-electron chi connectivity index (χ3n) is 3.49. The zero-order valence-corrected chi connectivity index (χ0v) is 14.1. The highest BCUT2D eigenvalue weighted by Crippen LogP contribution is 2.23. The molecule has 2 N–H and O–H groups in total. The van der Waals surface area contributed by atoms with Crippen LogP contribution in [0.1, 0.15) is 16.1 Å². The summed E-state index contributed by atoms with van der Waals surface area (Å²) in [7, 11) is 0. The zero-order chi connectivity index (χ0) is 19.1. The van der Waals surface area contributed by atoms with E-state index in [1.807, 2.05) is 0 Å². The molecule has 2 amide bonds. The second-order valence-corrected chi connectivity index (χ2v) is 5.46. The molecule has 3 aromatic rings. The number of benzene rings is 1. The first-order valence-electron chi connectivity index (χ1n) is 8.07. The van der Waals surface area contributed by atoms with Gasteiger partial charge in [-0.05, 0) is 30.3 Å². The van der Waals surface area contributed by atoms with Gasteiger partial charge in [0.2, 0.25) is 11.8 Å². The van der Waals surface area contributed by atoms with E-state index in [1.165, 1.54) is 36.7 Å². The number of carbonyl (C=O) groups excluding carboxylic acids is 2. The first kappa shape index (κ1) is 18.1. The Morgan fingerprint density at radius 1 is 1.11 bits per heavy atom. The van der Waals surface area contributed by atoms with Crippen molar-refractivity contribution in [3.05, 3.63) is 78.1 Å². The van der Waals surface area contributed by atoms with E-state index in [0.29, 0.717) is 11.3 Å². The molecule has 0 aliphatic carbocycles. The fraction of sp³-hybridized carbons (Fsp3) is 0.105. The largest absolute Gasteiger partial charge is 0.459 e. The van der Waals surface area contributed by atoms with Crippen molar-refractivity contribution in [3.8, 4) is 11.6 Å². The van der Waals surface area contributed by atoms with Crippen molar-refractivity contribution in [3.63, 3.8) is 0 Å². The number of aromatic nitrogens is 1. The third kappa shape index (κ3) is 5.15. The number of amides is 2. The molecule has 2 heterocycles. The lowest BCUT2D eigenvalue weighted by molar-refractivity contribution is -0.120. The third-order valence-corrected chi connectivity index (χ3v) is 3.49. The van der Waals surface area contributed by atoms with Crippen molar-refractivity contribution in [1.29, 1.82) is 0 Å². The first-order chi connectivity index (χ1) is 13.1. The molecule has 7 nitrogen and oxygen atoms in total. The summed E-state index contributed by atoms with van der Waals surface area (Å²) < 4.78 is 23.8. The molecular weight excluding hydrogens is 353 g/mol. The summed E-state index contributed by atoms with van der Waals surface area (Å²) in [5.74, 6) is -0.622. The Balaban J connectivity index is 1.54. The minimum absolute atomic E-state index is 0.126. The Morgan fingerprint density at radius 3 is 2.78 bits per heavy atom. The zero-order valence-electron chi connectivity index (χ0n) is 14.1. The summed E-state index contributed by atoms with van der Waals surface area (Å²) >= 11 is 0. The second kappa shape index (κ2) is 8.61. The molecule has 0 atom stereocenters. The van der Waals surface area contributed by atoms with Crippen molar-refractivity contribution in [2.75, 3.05) is 6.54 Å². The van der Waals surface area contributed by atoms with Crippen LogP contribution in [-0.2, 0) is 11.3 Å². The van der Waals surface area contributed by atoms with E-state index in [0.717, 1.165) is 0 Å². The van der Waals surface area contributed by atoms with Crippen LogP contribution in [0.5, 0.6) is 11.6 Å². The molecule has 0 saturated heterocycles. The summed E-state index contributed by atoms with van der Waals surface area (Å²) in [6.45, 7) is -0.0756. The molecule has 0 fully saturated rings. The van der Waals surface area contributed by atoms with Gasteiger partial charge in [0.1, 0.15) is 11.6 Å². The minimum Gasteiger partial charge on any atom is -0.459 e. The van der Waals surface area contributed by atoms with E-state index in [-0.39, 0.29) is 24.7 Å². The number of hydrogen-bond donors (Lipinski definition) is 2. The molecule has 0 unspecified atom stereocenters. The van der Waals surface area contributed by atoms with Crippen molar-refractivity contribution in [2.24, 2.45) is 0 Å². The molecule has 27 heavy (non-hydrogen) atoms. The summed E-state index contributed by atoms with van der Waals surface area (Å²) in [6.07, 6.45) is 2.90. The van der Waals surface area contributed by atoms with E-state index in [4.69, 9.17) is 9.15 Å². The molecule has 2 aromatic heterocycles. The van der Waals surface area contributed by atoms with Crippen LogP contribution in [0, 0.1) is 5.82 Å². The maximum absolute atomic E-state index is 13.3. The predicted octanol–water partition coefficient (Wildman–Crippen LogP) is 2.65. The summed E-state index contributed by atoms with van der Waals surface area (Å²) in [4.78, 5) is 27.8. The molecule has 8 heteroatoms. The standard InChI is InChI=1S/C19H16FN3O4/c20-14-5-1-6-15(10-14)27-19-13(4-2-8-21-19)11-22-17(24)12-23-18(25)16-7-3-9-26-16/h1-10H,11-12H2,(H,22,24)(H,23,25). The Hall–Kier alpha value is -3.68. The van der Waals surface area contributed by atoms with Crippen LogP contribution in [0.2, 0.25) is 0 Å². The quantitative estimate of drug-likeness (QED) is 0.668. The van der Waals surface area contributed by atoms with E-state index in [9.17, 15) is 14.0 Å².